The Morgan fingerprint density at radius 3 is 2.65 bits per heavy atom. The van der Waals surface area contributed by atoms with Crippen LogP contribution in [-0.4, -0.2) is 22.7 Å². The quantitative estimate of drug-likeness (QED) is 0.216. The minimum absolute atomic E-state index is 0.0435. The van der Waals surface area contributed by atoms with Crippen molar-refractivity contribution < 1.29 is 23.1 Å². The number of hydrogen-bond donors (Lipinski definition) is 1. The number of aliphatic hydroxyl groups is 1. The van der Waals surface area contributed by atoms with Gasteiger partial charge in [0.2, 0.25) is 0 Å². The van der Waals surface area contributed by atoms with Crippen LogP contribution < -0.4 is 3.11 Å². The Labute approximate surface area is 225 Å². The molecule has 8 heteroatoms. The van der Waals surface area contributed by atoms with Gasteiger partial charge in [0.1, 0.15) is 26.9 Å². The minimum atomic E-state index is -4.64. The number of rotatable bonds is 2. The van der Waals surface area contributed by atoms with Crippen molar-refractivity contribution in [2.75, 3.05) is 3.11 Å². The van der Waals surface area contributed by atoms with E-state index >= 15 is 0 Å². The van der Waals surface area contributed by atoms with Crippen molar-refractivity contribution in [1.29, 1.82) is 0 Å². The molecule has 2 saturated carbocycles. The molecule has 0 saturated heterocycles. The molecule has 0 aromatic heterocycles. The average Bonchev–Trinajstić information content (AvgIpc) is 3.49. The zero-order valence-electron chi connectivity index (χ0n) is 20.5. The van der Waals surface area contributed by atoms with E-state index in [1.165, 1.54) is 17.1 Å². The summed E-state index contributed by atoms with van der Waals surface area (Å²) >= 11 is -0.442. The van der Waals surface area contributed by atoms with Crippen LogP contribution in [-0.2, 0) is 4.79 Å². The first-order chi connectivity index (χ1) is 17.6. The van der Waals surface area contributed by atoms with Gasteiger partial charge in [-0.15, -0.1) is 0 Å². The van der Waals surface area contributed by atoms with Gasteiger partial charge in [-0.2, -0.15) is 13.2 Å². The van der Waals surface area contributed by atoms with Crippen LogP contribution in [0, 0.1) is 29.1 Å². The number of hydrogen-bond acceptors (Lipinski definition) is 4. The second kappa shape index (κ2) is 8.91. The molecule has 0 spiro atoms. The third-order valence-electron chi connectivity index (χ3n) is 9.22. The zero-order chi connectivity index (χ0) is 26.0. The van der Waals surface area contributed by atoms with Gasteiger partial charge >= 0.3 is 6.18 Å². The molecule has 194 valence electrons. The summed E-state index contributed by atoms with van der Waals surface area (Å²) in [6, 6.07) is 8.41. The smallest absolute Gasteiger partial charge is 0.377 e. The fraction of sp³-hybridized carbons (Fsp3) is 0.483. The topological polar surface area (TPSA) is 52.9 Å². The Morgan fingerprint density at radius 2 is 1.95 bits per heavy atom. The highest BCUT2D eigenvalue weighted by atomic mass is 127. The van der Waals surface area contributed by atoms with E-state index in [0.717, 1.165) is 36.1 Å². The summed E-state index contributed by atoms with van der Waals surface area (Å²) in [4.78, 5) is 12.2. The molecule has 0 bridgehead atoms. The number of ketones is 1. The summed E-state index contributed by atoms with van der Waals surface area (Å²) < 4.78 is 45.7. The summed E-state index contributed by atoms with van der Waals surface area (Å²) in [5.41, 5.74) is 3.47. The van der Waals surface area contributed by atoms with Crippen LogP contribution in [0.1, 0.15) is 63.4 Å². The van der Waals surface area contributed by atoms with E-state index < -0.39 is 38.5 Å². The first-order valence-electron chi connectivity index (χ1n) is 12.8. The van der Waals surface area contributed by atoms with Gasteiger partial charge in [0, 0.05) is 29.9 Å². The lowest BCUT2D eigenvalue weighted by molar-refractivity contribution is -0.114. The van der Waals surface area contributed by atoms with Gasteiger partial charge < -0.3 is 5.11 Å². The molecule has 37 heavy (non-hydrogen) atoms. The molecule has 1 aromatic carbocycles. The molecule has 4 nitrogen and oxygen atoms in total. The predicted octanol–water partition coefficient (Wildman–Crippen LogP) is 7.24. The van der Waals surface area contributed by atoms with Gasteiger partial charge in [-0.25, -0.2) is 3.15 Å². The lowest BCUT2D eigenvalue weighted by atomic mass is 9.51. The minimum Gasteiger partial charge on any atom is -0.377 e. The molecular weight excluding hydrogens is 592 g/mol. The Morgan fingerprint density at radius 1 is 1.16 bits per heavy atom. The maximum absolute atomic E-state index is 13.1. The monoisotopic (exact) mass is 620 g/mol. The van der Waals surface area contributed by atoms with E-state index in [9.17, 15) is 23.1 Å². The van der Waals surface area contributed by atoms with Crippen LogP contribution in [0.15, 0.2) is 62.6 Å². The summed E-state index contributed by atoms with van der Waals surface area (Å²) in [6.07, 6.45) is 5.26. The highest BCUT2D eigenvalue weighted by molar-refractivity contribution is 14.2. The number of fused-ring (bicyclic) bond motifs is 4. The fourth-order valence-corrected chi connectivity index (χ4v) is 8.92. The second-order valence-corrected chi connectivity index (χ2v) is 13.0. The van der Waals surface area contributed by atoms with Gasteiger partial charge in [-0.05, 0) is 85.3 Å². The Balaban J connectivity index is 1.46. The van der Waals surface area contributed by atoms with Gasteiger partial charge in [-0.3, -0.25) is 7.91 Å². The molecule has 1 N–H and O–H groups in total. The van der Waals surface area contributed by atoms with Crippen molar-refractivity contribution in [3.63, 3.8) is 0 Å². The van der Waals surface area contributed by atoms with E-state index in [0.29, 0.717) is 19.3 Å². The Kier molecular flexibility index (Phi) is 6.03. The molecular formula is C29H28F3IN2O2. The third-order valence-corrected chi connectivity index (χ3v) is 11.1. The van der Waals surface area contributed by atoms with Crippen molar-refractivity contribution >= 4 is 32.8 Å². The third kappa shape index (κ3) is 4.22. The van der Waals surface area contributed by atoms with Crippen molar-refractivity contribution in [3.8, 4) is 11.8 Å². The summed E-state index contributed by atoms with van der Waals surface area (Å²) in [5, 5.41) is 11.7. The van der Waals surface area contributed by atoms with Crippen LogP contribution >= 0.6 is 21.3 Å². The molecule has 1 heterocycles. The normalized spacial score (nSPS) is 34.7. The van der Waals surface area contributed by atoms with E-state index in [4.69, 9.17) is 0 Å². The van der Waals surface area contributed by atoms with Gasteiger partial charge in [0.25, 0.3) is 0 Å². The summed E-state index contributed by atoms with van der Waals surface area (Å²) in [6.45, 7) is 1.95. The van der Waals surface area contributed by atoms with E-state index in [1.807, 2.05) is 25.4 Å². The Bertz CT molecular complexity index is 1320. The number of nitrogens with zero attached hydrogens (tertiary/aromatic N) is 2. The van der Waals surface area contributed by atoms with E-state index in [2.05, 4.69) is 36.4 Å². The second-order valence-electron chi connectivity index (χ2n) is 11.0. The fourth-order valence-electron chi connectivity index (χ4n) is 7.50. The molecule has 2 unspecified atom stereocenters. The largest absolute Gasteiger partial charge is 0.457 e. The standard InChI is InChI=1S/C29H28F3IN2O2/c1-27-17-24(18-2-5-20(6-3-18)35-15-14-34-33-35)26-22-9-7-21(36)16-19(22)4-8-23(26)25(27)10-11-28(27,37)12-13-29(30,31)32/h2-3,5-6,14-16,23-25,37H,4,7-11,17H2,1H3/t23?,24-,25?,27+,28-/m1/s1. The average molecular weight is 620 g/mol. The van der Waals surface area contributed by atoms with Crippen molar-refractivity contribution in [2.24, 2.45) is 20.4 Å². The Hall–Kier alpha value is -2.25. The van der Waals surface area contributed by atoms with Gasteiger partial charge in [-0.1, -0.05) is 30.6 Å². The van der Waals surface area contributed by atoms with Crippen LogP contribution in [0.5, 0.6) is 0 Å². The van der Waals surface area contributed by atoms with Crippen molar-refractivity contribution in [1.82, 2.24) is 0 Å². The van der Waals surface area contributed by atoms with Gasteiger partial charge in [0.05, 0.1) is 11.9 Å². The summed E-state index contributed by atoms with van der Waals surface area (Å²) in [5.74, 6) is 4.05. The SMILES string of the molecule is C[C@]12C[C@H](c3ccc(N4C=CN=I4)cc3)C3=C4CCC(=O)C=C4CCC3C1CC[C@@]2(O)C#CC(F)(F)F. The zero-order valence-corrected chi connectivity index (χ0v) is 22.6. The number of carbonyl (C=O) groups excluding carboxylic acids is 1. The predicted molar refractivity (Wildman–Crippen MR) is 144 cm³/mol. The van der Waals surface area contributed by atoms with Crippen LogP contribution in [0.3, 0.4) is 0 Å². The number of allylic oxidation sites excluding steroid dienone is 4. The molecule has 1 aliphatic heterocycles. The number of halogens is 4. The van der Waals surface area contributed by atoms with Crippen LogP contribution in [0.4, 0.5) is 18.9 Å². The van der Waals surface area contributed by atoms with E-state index in [-0.39, 0.29) is 30.0 Å². The first kappa shape index (κ1) is 25.1. The van der Waals surface area contributed by atoms with Crippen LogP contribution in [0.25, 0.3) is 0 Å². The van der Waals surface area contributed by atoms with Crippen molar-refractivity contribution in [3.05, 3.63) is 65.0 Å². The van der Waals surface area contributed by atoms with Crippen molar-refractivity contribution in [2.45, 2.75) is 69.6 Å². The molecule has 1 aromatic rings. The maximum Gasteiger partial charge on any atom is 0.457 e. The lowest BCUT2D eigenvalue weighted by Gasteiger charge is -2.53. The number of alkyl halides is 3. The lowest BCUT2D eigenvalue weighted by Crippen LogP contribution is -2.51. The summed E-state index contributed by atoms with van der Waals surface area (Å²) in [7, 11) is 0. The number of benzene rings is 1. The molecule has 5 atom stereocenters. The number of anilines is 1. The highest BCUT2D eigenvalue weighted by Gasteiger charge is 2.62. The molecule has 0 radical (unpaired) electrons. The van der Waals surface area contributed by atoms with Gasteiger partial charge in [0.15, 0.2) is 5.78 Å². The molecule has 0 amide bonds. The number of carbonyl (C=O) groups is 1. The molecule has 5 aliphatic rings. The molecule has 2 fully saturated rings. The van der Waals surface area contributed by atoms with Crippen LogP contribution in [0.2, 0.25) is 0 Å². The maximum atomic E-state index is 13.1. The highest BCUT2D eigenvalue weighted by Crippen LogP contribution is 2.66. The molecule has 4 aliphatic carbocycles. The van der Waals surface area contributed by atoms with E-state index in [1.54, 1.807) is 0 Å². The first-order valence-corrected chi connectivity index (χ1v) is 14.7. The molecule has 6 rings (SSSR count).